The molecule has 2 saturated carbocycles. The van der Waals surface area contributed by atoms with Gasteiger partial charge in [-0.05, 0) is 66.5 Å². The number of hydrogen-bond acceptors (Lipinski definition) is 2. The molecule has 2 aliphatic carbocycles. The fourth-order valence-electron chi connectivity index (χ4n) is 5.47. The van der Waals surface area contributed by atoms with E-state index in [1.807, 2.05) is 24.3 Å². The predicted molar refractivity (Wildman–Crippen MR) is 122 cm³/mol. The minimum Gasteiger partial charge on any atom is -0.462 e. The van der Waals surface area contributed by atoms with Crippen molar-refractivity contribution >= 4 is 12.0 Å². The molecule has 2 atom stereocenters. The highest BCUT2D eigenvalue weighted by molar-refractivity contribution is 5.89. The van der Waals surface area contributed by atoms with Gasteiger partial charge in [-0.15, -0.1) is 0 Å². The number of allylic oxidation sites excluding steroid dienone is 3. The number of fused-ring (bicyclic) bond motifs is 1. The highest BCUT2D eigenvalue weighted by atomic mass is 16.5. The summed E-state index contributed by atoms with van der Waals surface area (Å²) >= 11 is 0. The van der Waals surface area contributed by atoms with Gasteiger partial charge in [-0.2, -0.15) is 0 Å². The lowest BCUT2D eigenvalue weighted by molar-refractivity contribution is 0.0498. The number of benzene rings is 1. The highest BCUT2D eigenvalue weighted by Crippen LogP contribution is 2.78. The topological polar surface area (TPSA) is 26.3 Å². The van der Waals surface area contributed by atoms with Crippen LogP contribution in [0.1, 0.15) is 95.5 Å². The summed E-state index contributed by atoms with van der Waals surface area (Å²) in [5, 5.41) is 0. The monoisotopic (exact) mass is 394 g/mol. The van der Waals surface area contributed by atoms with E-state index in [0.717, 1.165) is 24.8 Å². The van der Waals surface area contributed by atoms with Gasteiger partial charge >= 0.3 is 5.97 Å². The van der Waals surface area contributed by atoms with Crippen LogP contribution in [0, 0.1) is 16.2 Å². The van der Waals surface area contributed by atoms with Crippen LogP contribution in [-0.4, -0.2) is 12.6 Å². The molecular formula is C27H38O2. The minimum atomic E-state index is -0.222. The number of hydrogen-bond donors (Lipinski definition) is 0. The molecular weight excluding hydrogens is 356 g/mol. The molecule has 0 saturated heterocycles. The second-order valence-electron chi connectivity index (χ2n) is 10.1. The summed E-state index contributed by atoms with van der Waals surface area (Å²) in [4.78, 5) is 12.1. The zero-order chi connectivity index (χ0) is 21.1. The van der Waals surface area contributed by atoms with Crippen LogP contribution < -0.4 is 0 Å². The highest BCUT2D eigenvalue weighted by Gasteiger charge is 2.69. The number of ether oxygens (including phenoxy) is 1. The molecule has 29 heavy (non-hydrogen) atoms. The van der Waals surface area contributed by atoms with E-state index in [1.54, 1.807) is 0 Å². The van der Waals surface area contributed by atoms with E-state index in [9.17, 15) is 4.79 Å². The Morgan fingerprint density at radius 1 is 1.10 bits per heavy atom. The molecule has 2 heteroatoms. The van der Waals surface area contributed by atoms with Crippen molar-refractivity contribution in [2.24, 2.45) is 16.2 Å². The van der Waals surface area contributed by atoms with E-state index in [0.29, 0.717) is 28.4 Å². The molecule has 0 heterocycles. The normalized spacial score (nSPS) is 28.2. The van der Waals surface area contributed by atoms with Crippen LogP contribution in [0.2, 0.25) is 0 Å². The van der Waals surface area contributed by atoms with Crippen LogP contribution in [-0.2, 0) is 4.74 Å². The Kier molecular flexibility index (Phi) is 6.41. The lowest BCUT2D eigenvalue weighted by Gasteiger charge is -2.41. The van der Waals surface area contributed by atoms with Gasteiger partial charge in [-0.3, -0.25) is 0 Å². The van der Waals surface area contributed by atoms with Gasteiger partial charge in [-0.1, -0.05) is 82.9 Å². The van der Waals surface area contributed by atoms with E-state index in [4.69, 9.17) is 4.74 Å². The van der Waals surface area contributed by atoms with Crippen LogP contribution in [0.15, 0.2) is 42.0 Å². The molecule has 2 unspecified atom stereocenters. The zero-order valence-electron chi connectivity index (χ0n) is 19.0. The summed E-state index contributed by atoms with van der Waals surface area (Å²) in [6.07, 6.45) is 15.5. The number of unbranched alkanes of at least 4 members (excludes halogenated alkanes) is 2. The first-order chi connectivity index (χ1) is 13.7. The second-order valence-corrected chi connectivity index (χ2v) is 10.1. The molecule has 1 aromatic rings. The summed E-state index contributed by atoms with van der Waals surface area (Å²) in [6.45, 7) is 12.2. The van der Waals surface area contributed by atoms with Crippen molar-refractivity contribution in [3.05, 3.63) is 53.1 Å². The first-order valence-electron chi connectivity index (χ1n) is 11.4. The first kappa shape index (κ1) is 21.9. The smallest absolute Gasteiger partial charge is 0.338 e. The van der Waals surface area contributed by atoms with Gasteiger partial charge in [0.15, 0.2) is 0 Å². The average Bonchev–Trinajstić information content (AvgIpc) is 3.31. The van der Waals surface area contributed by atoms with Crippen LogP contribution in [0.3, 0.4) is 0 Å². The number of rotatable bonds is 8. The van der Waals surface area contributed by atoms with Crippen LogP contribution in [0.4, 0.5) is 0 Å². The largest absolute Gasteiger partial charge is 0.462 e. The lowest BCUT2D eigenvalue weighted by Crippen LogP contribution is -2.32. The summed E-state index contributed by atoms with van der Waals surface area (Å²) in [5.41, 5.74) is 4.24. The molecule has 0 N–H and O–H groups in total. The Bertz CT molecular complexity index is 783. The fourth-order valence-corrected chi connectivity index (χ4v) is 5.47. The molecule has 0 aliphatic heterocycles. The van der Waals surface area contributed by atoms with Gasteiger partial charge in [0.2, 0.25) is 0 Å². The molecule has 0 spiro atoms. The summed E-state index contributed by atoms with van der Waals surface area (Å²) < 4.78 is 5.34. The van der Waals surface area contributed by atoms with Crippen molar-refractivity contribution in [1.29, 1.82) is 0 Å². The third-order valence-corrected chi connectivity index (χ3v) is 7.51. The minimum absolute atomic E-state index is 0.222. The maximum atomic E-state index is 12.1. The maximum Gasteiger partial charge on any atom is 0.338 e. The van der Waals surface area contributed by atoms with Gasteiger partial charge in [0.25, 0.3) is 0 Å². The van der Waals surface area contributed by atoms with Crippen LogP contribution in [0.25, 0.3) is 6.08 Å². The molecule has 2 fully saturated rings. The van der Waals surface area contributed by atoms with Crippen molar-refractivity contribution in [2.45, 2.75) is 79.6 Å². The third kappa shape index (κ3) is 4.52. The summed E-state index contributed by atoms with van der Waals surface area (Å²) in [7, 11) is 0. The molecule has 0 aromatic heterocycles. The quantitative estimate of drug-likeness (QED) is 0.258. The number of carbonyl (C=O) groups is 1. The Morgan fingerprint density at radius 2 is 1.83 bits per heavy atom. The molecule has 158 valence electrons. The van der Waals surface area contributed by atoms with E-state index >= 15 is 0 Å². The van der Waals surface area contributed by atoms with Gasteiger partial charge in [0, 0.05) is 0 Å². The molecule has 0 amide bonds. The van der Waals surface area contributed by atoms with E-state index in [1.165, 1.54) is 31.3 Å². The molecule has 3 rings (SSSR count). The van der Waals surface area contributed by atoms with Gasteiger partial charge < -0.3 is 4.74 Å². The van der Waals surface area contributed by atoms with Gasteiger partial charge in [-0.25, -0.2) is 4.79 Å². The van der Waals surface area contributed by atoms with Crippen LogP contribution in [0.5, 0.6) is 0 Å². The van der Waals surface area contributed by atoms with Crippen molar-refractivity contribution in [2.75, 3.05) is 6.61 Å². The molecule has 2 nitrogen and oxygen atoms in total. The predicted octanol–water partition coefficient (Wildman–Crippen LogP) is 7.60. The van der Waals surface area contributed by atoms with Gasteiger partial charge in [0.05, 0.1) is 12.2 Å². The van der Waals surface area contributed by atoms with Crippen molar-refractivity contribution in [3.63, 3.8) is 0 Å². The Balaban J connectivity index is 1.62. The van der Waals surface area contributed by atoms with Crippen LogP contribution >= 0.6 is 0 Å². The second kappa shape index (κ2) is 8.50. The fraction of sp³-hybridized carbons (Fsp3) is 0.593. The molecule has 0 bridgehead atoms. The third-order valence-electron chi connectivity index (χ3n) is 7.51. The Hall–Kier alpha value is -1.83. The molecule has 1 aromatic carbocycles. The Morgan fingerprint density at radius 3 is 2.48 bits per heavy atom. The number of carbonyl (C=O) groups excluding carboxylic acids is 1. The van der Waals surface area contributed by atoms with E-state index in [-0.39, 0.29) is 5.97 Å². The average molecular weight is 395 g/mol. The lowest BCUT2D eigenvalue weighted by atomic mass is 9.63. The maximum absolute atomic E-state index is 12.1. The number of esters is 1. The molecule has 2 aliphatic rings. The summed E-state index contributed by atoms with van der Waals surface area (Å²) in [5.74, 6) is -0.222. The van der Waals surface area contributed by atoms with Gasteiger partial charge in [0.1, 0.15) is 0 Å². The van der Waals surface area contributed by atoms with Crippen molar-refractivity contribution < 1.29 is 9.53 Å². The SMILES string of the molecule is CCCCCOC(=O)c1ccc(/C=C(C)/C=C/C23CC2(C)CCCC3(C)C)cc1. The standard InChI is InChI=1S/C27H38O2/c1-6-7-8-18-29-24(28)23-12-10-22(11-13-23)19-21(2)14-17-27-20-26(27,5)16-9-15-25(27,3)4/h10-14,17,19H,6-9,15-16,18,20H2,1-5H3/b17-14+,21-19+. The van der Waals surface area contributed by atoms with E-state index in [2.05, 4.69) is 52.8 Å². The first-order valence-corrected chi connectivity index (χ1v) is 11.4. The van der Waals surface area contributed by atoms with Crippen molar-refractivity contribution in [3.8, 4) is 0 Å². The Labute approximate surface area is 177 Å². The molecule has 0 radical (unpaired) electrons. The summed E-state index contributed by atoms with van der Waals surface area (Å²) in [6, 6.07) is 7.74. The van der Waals surface area contributed by atoms with E-state index < -0.39 is 0 Å². The zero-order valence-corrected chi connectivity index (χ0v) is 19.0. The van der Waals surface area contributed by atoms with Crippen molar-refractivity contribution in [1.82, 2.24) is 0 Å².